The summed E-state index contributed by atoms with van der Waals surface area (Å²) in [6.07, 6.45) is 1.46. The van der Waals surface area contributed by atoms with E-state index in [-0.39, 0.29) is 5.91 Å². The van der Waals surface area contributed by atoms with E-state index >= 15 is 0 Å². The molecule has 0 unspecified atom stereocenters. The first-order valence-corrected chi connectivity index (χ1v) is 7.93. The van der Waals surface area contributed by atoms with Crippen molar-refractivity contribution in [1.29, 1.82) is 0 Å². The molecule has 2 N–H and O–H groups in total. The number of carbonyl (C=O) groups is 1. The number of hydrogen-bond donors (Lipinski definition) is 2. The van der Waals surface area contributed by atoms with E-state index in [0.717, 1.165) is 29.0 Å². The third-order valence-corrected chi connectivity index (χ3v) is 3.79. The smallest absolute Gasteiger partial charge is 0.226 e. The molecule has 0 aromatic carbocycles. The molecule has 7 heteroatoms. The Kier molecular flexibility index (Phi) is 5.32. The summed E-state index contributed by atoms with van der Waals surface area (Å²) in [5.74, 6) is 1.52. The van der Waals surface area contributed by atoms with E-state index < -0.39 is 0 Å². The van der Waals surface area contributed by atoms with Gasteiger partial charge in [0.1, 0.15) is 10.6 Å². The van der Waals surface area contributed by atoms with Gasteiger partial charge in [0.05, 0.1) is 5.39 Å². The van der Waals surface area contributed by atoms with Crippen molar-refractivity contribution in [2.45, 2.75) is 19.8 Å². The summed E-state index contributed by atoms with van der Waals surface area (Å²) in [7, 11) is 3.52. The van der Waals surface area contributed by atoms with Gasteiger partial charge >= 0.3 is 0 Å². The van der Waals surface area contributed by atoms with Crippen LogP contribution in [0.15, 0.2) is 11.4 Å². The number of fused-ring (bicyclic) bond motifs is 1. The summed E-state index contributed by atoms with van der Waals surface area (Å²) in [6.45, 7) is 3.50. The molecular formula is C14H21N5OS. The lowest BCUT2D eigenvalue weighted by atomic mass is 10.3. The van der Waals surface area contributed by atoms with Crippen molar-refractivity contribution >= 4 is 39.2 Å². The SMILES string of the molecule is CCCNc1nc(NCCC(=O)N(C)C)c2ccsc2n1. The molecule has 6 nitrogen and oxygen atoms in total. The van der Waals surface area contributed by atoms with Crippen LogP contribution >= 0.6 is 11.3 Å². The normalized spacial score (nSPS) is 10.6. The van der Waals surface area contributed by atoms with Crippen LogP contribution in [0.2, 0.25) is 0 Å². The second-order valence-electron chi connectivity index (χ2n) is 4.93. The van der Waals surface area contributed by atoms with Crippen LogP contribution < -0.4 is 10.6 Å². The second kappa shape index (κ2) is 7.21. The van der Waals surface area contributed by atoms with Crippen molar-refractivity contribution < 1.29 is 4.79 Å². The van der Waals surface area contributed by atoms with E-state index in [0.29, 0.717) is 18.9 Å². The molecule has 21 heavy (non-hydrogen) atoms. The van der Waals surface area contributed by atoms with Gasteiger partial charge in [-0.05, 0) is 17.9 Å². The van der Waals surface area contributed by atoms with Crippen molar-refractivity contribution in [3.05, 3.63) is 11.4 Å². The van der Waals surface area contributed by atoms with E-state index in [1.54, 1.807) is 30.3 Å². The molecule has 0 atom stereocenters. The fourth-order valence-corrected chi connectivity index (χ4v) is 2.58. The van der Waals surface area contributed by atoms with Gasteiger partial charge in [-0.1, -0.05) is 6.92 Å². The van der Waals surface area contributed by atoms with Crippen LogP contribution in [0.25, 0.3) is 10.2 Å². The van der Waals surface area contributed by atoms with Gasteiger partial charge in [-0.25, -0.2) is 4.98 Å². The topological polar surface area (TPSA) is 70.2 Å². The Morgan fingerprint density at radius 2 is 2.10 bits per heavy atom. The zero-order valence-electron chi connectivity index (χ0n) is 12.6. The highest BCUT2D eigenvalue weighted by molar-refractivity contribution is 7.16. The third-order valence-electron chi connectivity index (χ3n) is 2.99. The van der Waals surface area contributed by atoms with Crippen molar-refractivity contribution in [1.82, 2.24) is 14.9 Å². The highest BCUT2D eigenvalue weighted by atomic mass is 32.1. The number of carbonyl (C=O) groups excluding carboxylic acids is 1. The summed E-state index contributed by atoms with van der Waals surface area (Å²) in [4.78, 5) is 23.1. The maximum Gasteiger partial charge on any atom is 0.226 e. The molecule has 0 fully saturated rings. The Bertz CT molecular complexity index is 610. The van der Waals surface area contributed by atoms with E-state index in [1.165, 1.54) is 0 Å². The predicted octanol–water partition coefficient (Wildman–Crippen LogP) is 2.40. The molecule has 0 saturated heterocycles. The molecule has 0 radical (unpaired) electrons. The first-order valence-electron chi connectivity index (χ1n) is 7.05. The van der Waals surface area contributed by atoms with Crippen molar-refractivity contribution in [2.75, 3.05) is 37.8 Å². The van der Waals surface area contributed by atoms with Crippen LogP contribution in [0.3, 0.4) is 0 Å². The van der Waals surface area contributed by atoms with Gasteiger partial charge < -0.3 is 15.5 Å². The van der Waals surface area contributed by atoms with E-state index in [9.17, 15) is 4.79 Å². The number of anilines is 2. The minimum absolute atomic E-state index is 0.0995. The van der Waals surface area contributed by atoms with Crippen molar-refractivity contribution in [3.63, 3.8) is 0 Å². The maximum absolute atomic E-state index is 11.6. The Balaban J connectivity index is 2.09. The van der Waals surface area contributed by atoms with Crippen LogP contribution in [-0.4, -0.2) is 48.0 Å². The molecule has 0 aliphatic heterocycles. The molecule has 0 bridgehead atoms. The number of aromatic nitrogens is 2. The van der Waals surface area contributed by atoms with Gasteiger partial charge in [-0.15, -0.1) is 11.3 Å². The van der Waals surface area contributed by atoms with Crippen LogP contribution in [0.1, 0.15) is 19.8 Å². The first-order chi connectivity index (χ1) is 10.1. The zero-order chi connectivity index (χ0) is 15.2. The van der Waals surface area contributed by atoms with E-state index in [2.05, 4.69) is 27.5 Å². The second-order valence-corrected chi connectivity index (χ2v) is 5.82. The van der Waals surface area contributed by atoms with Gasteiger partial charge in [-0.3, -0.25) is 4.79 Å². The largest absolute Gasteiger partial charge is 0.369 e. The summed E-state index contributed by atoms with van der Waals surface area (Å²) < 4.78 is 0. The van der Waals surface area contributed by atoms with Gasteiger partial charge in [0.25, 0.3) is 0 Å². The molecule has 0 spiro atoms. The van der Waals surface area contributed by atoms with Gasteiger partial charge in [-0.2, -0.15) is 4.98 Å². The van der Waals surface area contributed by atoms with Gasteiger partial charge in [0.15, 0.2) is 0 Å². The number of hydrogen-bond acceptors (Lipinski definition) is 6. The third kappa shape index (κ3) is 4.04. The highest BCUT2D eigenvalue weighted by Crippen LogP contribution is 2.26. The highest BCUT2D eigenvalue weighted by Gasteiger charge is 2.09. The molecule has 1 amide bonds. The molecule has 2 rings (SSSR count). The Hall–Kier alpha value is -1.89. The van der Waals surface area contributed by atoms with Crippen LogP contribution in [0.4, 0.5) is 11.8 Å². The summed E-state index contributed by atoms with van der Waals surface area (Å²) in [5.41, 5.74) is 0. The fraction of sp³-hybridized carbons (Fsp3) is 0.500. The quantitative estimate of drug-likeness (QED) is 0.822. The Morgan fingerprint density at radius 1 is 1.29 bits per heavy atom. The zero-order valence-corrected chi connectivity index (χ0v) is 13.5. The molecule has 2 aromatic rings. The fourth-order valence-electron chi connectivity index (χ4n) is 1.82. The van der Waals surface area contributed by atoms with Crippen LogP contribution in [0, 0.1) is 0 Å². The summed E-state index contributed by atoms with van der Waals surface area (Å²) in [6, 6.07) is 2.00. The number of nitrogens with one attached hydrogen (secondary N) is 2. The van der Waals surface area contributed by atoms with Crippen molar-refractivity contribution in [3.8, 4) is 0 Å². The average Bonchev–Trinajstić information content (AvgIpc) is 2.93. The van der Waals surface area contributed by atoms with Crippen LogP contribution in [-0.2, 0) is 4.79 Å². The number of rotatable bonds is 7. The van der Waals surface area contributed by atoms with E-state index in [4.69, 9.17) is 0 Å². The van der Waals surface area contributed by atoms with Gasteiger partial charge in [0, 0.05) is 33.6 Å². The molecule has 0 aliphatic rings. The molecule has 114 valence electrons. The molecule has 2 heterocycles. The first kappa shape index (κ1) is 15.5. The number of nitrogens with zero attached hydrogens (tertiary/aromatic N) is 3. The molecular weight excluding hydrogens is 286 g/mol. The number of amides is 1. The molecule has 0 saturated carbocycles. The average molecular weight is 307 g/mol. The lowest BCUT2D eigenvalue weighted by molar-refractivity contribution is -0.128. The summed E-state index contributed by atoms with van der Waals surface area (Å²) >= 11 is 1.59. The van der Waals surface area contributed by atoms with Gasteiger partial charge in [0.2, 0.25) is 11.9 Å². The Labute approximate surface area is 128 Å². The maximum atomic E-state index is 11.6. The molecule has 2 aromatic heterocycles. The lowest BCUT2D eigenvalue weighted by Gasteiger charge is -2.12. The van der Waals surface area contributed by atoms with Crippen LogP contribution in [0.5, 0.6) is 0 Å². The van der Waals surface area contributed by atoms with Crippen molar-refractivity contribution in [2.24, 2.45) is 0 Å². The monoisotopic (exact) mass is 307 g/mol. The van der Waals surface area contributed by atoms with E-state index in [1.807, 2.05) is 11.4 Å². The predicted molar refractivity (Wildman–Crippen MR) is 88.0 cm³/mol. The number of thiophene rings is 1. The minimum atomic E-state index is 0.0995. The molecule has 0 aliphatic carbocycles. The standard InChI is InChI=1S/C14H21N5OS/c1-4-7-16-14-17-12(10-6-9-21-13(10)18-14)15-8-5-11(20)19(2)3/h6,9H,4-5,7-8H2,1-3H3,(H2,15,16,17,18). The summed E-state index contributed by atoms with van der Waals surface area (Å²) in [5, 5.41) is 9.45. The minimum Gasteiger partial charge on any atom is -0.369 e. The Morgan fingerprint density at radius 3 is 2.81 bits per heavy atom. The lowest BCUT2D eigenvalue weighted by Crippen LogP contribution is -2.24.